The second kappa shape index (κ2) is 5.17. The van der Waals surface area contributed by atoms with Crippen molar-refractivity contribution in [3.05, 3.63) is 58.1 Å². The number of allylic oxidation sites excluding steroid dienone is 1. The van der Waals surface area contributed by atoms with Gasteiger partial charge in [0.1, 0.15) is 11.6 Å². The topological polar surface area (TPSA) is 87.7 Å². The second-order valence-electron chi connectivity index (χ2n) is 6.30. The van der Waals surface area contributed by atoms with Crippen molar-refractivity contribution in [1.29, 1.82) is 5.26 Å². The van der Waals surface area contributed by atoms with Gasteiger partial charge in [0.15, 0.2) is 0 Å². The van der Waals surface area contributed by atoms with E-state index in [-0.39, 0.29) is 11.8 Å². The molecule has 1 aliphatic heterocycles. The quantitative estimate of drug-likeness (QED) is 0.892. The van der Waals surface area contributed by atoms with E-state index in [4.69, 9.17) is 10.5 Å². The normalized spacial score (nSPS) is 20.2. The average Bonchev–Trinajstić information content (AvgIpc) is 2.86. The van der Waals surface area contributed by atoms with Crippen LogP contribution in [0.4, 0.5) is 0 Å². The van der Waals surface area contributed by atoms with Gasteiger partial charge in [-0.15, -0.1) is 0 Å². The molecule has 0 saturated heterocycles. The Labute approximate surface area is 135 Å². The highest BCUT2D eigenvalue weighted by molar-refractivity contribution is 5.61. The van der Waals surface area contributed by atoms with Gasteiger partial charge in [-0.25, -0.2) is 5.10 Å². The molecule has 1 atom stereocenters. The number of aromatic nitrogens is 2. The van der Waals surface area contributed by atoms with E-state index in [0.717, 1.165) is 22.4 Å². The van der Waals surface area contributed by atoms with Crippen molar-refractivity contribution in [2.24, 2.45) is 11.7 Å². The molecule has 2 heterocycles. The lowest BCUT2D eigenvalue weighted by atomic mass is 9.61. The standard InChI is InChI=1S/C18H20N4O/c1-10(2)18(13-7-5-6-11(3)8-13)14(9-19)16(20)23-17-15(18)12(4)21-22-17/h5-8,10H,20H2,1-4H3,(H,21,22). The van der Waals surface area contributed by atoms with E-state index < -0.39 is 5.41 Å². The van der Waals surface area contributed by atoms with Crippen LogP contribution in [0.1, 0.15) is 36.2 Å². The third-order valence-corrected chi connectivity index (χ3v) is 4.61. The number of aromatic amines is 1. The molecule has 1 aromatic carbocycles. The van der Waals surface area contributed by atoms with Crippen molar-refractivity contribution in [2.75, 3.05) is 0 Å². The molecule has 5 heteroatoms. The number of hydrogen-bond acceptors (Lipinski definition) is 4. The maximum atomic E-state index is 9.83. The number of nitrogens with zero attached hydrogens (tertiary/aromatic N) is 2. The first-order valence-corrected chi connectivity index (χ1v) is 7.63. The Morgan fingerprint density at radius 2 is 2.09 bits per heavy atom. The van der Waals surface area contributed by atoms with Gasteiger partial charge in [-0.1, -0.05) is 43.7 Å². The molecule has 0 bridgehead atoms. The van der Waals surface area contributed by atoms with Crippen LogP contribution in [0.25, 0.3) is 0 Å². The predicted molar refractivity (Wildman–Crippen MR) is 87.6 cm³/mol. The Morgan fingerprint density at radius 3 is 2.70 bits per heavy atom. The summed E-state index contributed by atoms with van der Waals surface area (Å²) in [6.07, 6.45) is 0. The lowest BCUT2D eigenvalue weighted by Crippen LogP contribution is -2.41. The number of nitriles is 1. The lowest BCUT2D eigenvalue weighted by molar-refractivity contribution is 0.323. The highest BCUT2D eigenvalue weighted by Crippen LogP contribution is 2.52. The molecule has 0 amide bonds. The first-order valence-electron chi connectivity index (χ1n) is 7.63. The zero-order chi connectivity index (χ0) is 16.8. The molecule has 0 fully saturated rings. The number of nitrogens with one attached hydrogen (secondary N) is 1. The maximum absolute atomic E-state index is 9.83. The third-order valence-electron chi connectivity index (χ3n) is 4.61. The molecule has 1 aromatic heterocycles. The Hall–Kier alpha value is -2.74. The molecular formula is C18H20N4O. The molecule has 23 heavy (non-hydrogen) atoms. The minimum atomic E-state index is -0.671. The van der Waals surface area contributed by atoms with E-state index in [1.807, 2.05) is 32.0 Å². The van der Waals surface area contributed by atoms with Gasteiger partial charge >= 0.3 is 0 Å². The molecule has 118 valence electrons. The lowest BCUT2D eigenvalue weighted by Gasteiger charge is -2.41. The minimum Gasteiger partial charge on any atom is -0.422 e. The molecule has 0 aliphatic carbocycles. The van der Waals surface area contributed by atoms with Gasteiger partial charge in [-0.3, -0.25) is 0 Å². The zero-order valence-corrected chi connectivity index (χ0v) is 13.8. The van der Waals surface area contributed by atoms with E-state index in [9.17, 15) is 5.26 Å². The SMILES string of the molecule is Cc1cccc(C2(C(C)C)C(C#N)=C(N)Oc3[nH]nc(C)c32)c1. The number of aryl methyl sites for hydroxylation is 2. The van der Waals surface area contributed by atoms with E-state index in [1.54, 1.807) is 0 Å². The number of benzene rings is 1. The van der Waals surface area contributed by atoms with Crippen LogP contribution >= 0.6 is 0 Å². The number of hydrogen-bond donors (Lipinski definition) is 2. The molecule has 3 N–H and O–H groups in total. The van der Waals surface area contributed by atoms with Crippen molar-refractivity contribution in [1.82, 2.24) is 10.2 Å². The van der Waals surface area contributed by atoms with Crippen LogP contribution in [0.5, 0.6) is 5.88 Å². The Balaban J connectivity index is 2.46. The fourth-order valence-electron chi connectivity index (χ4n) is 3.66. The van der Waals surface area contributed by atoms with Crippen LogP contribution in [0, 0.1) is 31.1 Å². The number of H-pyrrole nitrogens is 1. The van der Waals surface area contributed by atoms with Crippen LogP contribution in [0.15, 0.2) is 35.7 Å². The molecule has 3 rings (SSSR count). The summed E-state index contributed by atoms with van der Waals surface area (Å²) >= 11 is 0. The van der Waals surface area contributed by atoms with E-state index in [2.05, 4.69) is 36.2 Å². The maximum Gasteiger partial charge on any atom is 0.222 e. The molecule has 0 saturated carbocycles. The first kappa shape index (κ1) is 15.2. The highest BCUT2D eigenvalue weighted by atomic mass is 16.5. The third kappa shape index (κ3) is 1.95. The fourth-order valence-corrected chi connectivity index (χ4v) is 3.66. The molecule has 0 radical (unpaired) electrons. The fraction of sp³-hybridized carbons (Fsp3) is 0.333. The van der Waals surface area contributed by atoms with Gasteiger partial charge < -0.3 is 10.5 Å². The summed E-state index contributed by atoms with van der Waals surface area (Å²) in [7, 11) is 0. The summed E-state index contributed by atoms with van der Waals surface area (Å²) in [5, 5.41) is 17.0. The van der Waals surface area contributed by atoms with Crippen molar-refractivity contribution in [3.63, 3.8) is 0 Å². The summed E-state index contributed by atoms with van der Waals surface area (Å²) in [4.78, 5) is 0. The summed E-state index contributed by atoms with van der Waals surface area (Å²) in [6.45, 7) is 8.14. The Kier molecular flexibility index (Phi) is 3.41. The molecular weight excluding hydrogens is 288 g/mol. The summed E-state index contributed by atoms with van der Waals surface area (Å²) in [5.41, 5.74) is 9.73. The number of rotatable bonds is 2. The van der Waals surface area contributed by atoms with Crippen molar-refractivity contribution in [2.45, 2.75) is 33.1 Å². The molecule has 5 nitrogen and oxygen atoms in total. The monoisotopic (exact) mass is 308 g/mol. The van der Waals surface area contributed by atoms with E-state index >= 15 is 0 Å². The summed E-state index contributed by atoms with van der Waals surface area (Å²) in [6, 6.07) is 10.5. The molecule has 0 spiro atoms. The van der Waals surface area contributed by atoms with E-state index in [1.165, 1.54) is 0 Å². The van der Waals surface area contributed by atoms with Crippen molar-refractivity contribution >= 4 is 0 Å². The zero-order valence-electron chi connectivity index (χ0n) is 13.8. The summed E-state index contributed by atoms with van der Waals surface area (Å²) in [5.74, 6) is 0.754. The average molecular weight is 308 g/mol. The van der Waals surface area contributed by atoms with Gasteiger partial charge in [0, 0.05) is 0 Å². The van der Waals surface area contributed by atoms with Crippen LogP contribution < -0.4 is 10.5 Å². The predicted octanol–water partition coefficient (Wildman–Crippen LogP) is 3.05. The van der Waals surface area contributed by atoms with Crippen LogP contribution in [0.3, 0.4) is 0 Å². The first-order chi connectivity index (χ1) is 10.9. The van der Waals surface area contributed by atoms with Crippen LogP contribution in [-0.2, 0) is 5.41 Å². The second-order valence-corrected chi connectivity index (χ2v) is 6.30. The molecule has 1 aliphatic rings. The largest absolute Gasteiger partial charge is 0.422 e. The van der Waals surface area contributed by atoms with Gasteiger partial charge in [0.05, 0.1) is 16.7 Å². The van der Waals surface area contributed by atoms with Gasteiger partial charge in [-0.2, -0.15) is 10.4 Å². The van der Waals surface area contributed by atoms with Gasteiger partial charge in [0.2, 0.25) is 11.8 Å². The minimum absolute atomic E-state index is 0.0939. The summed E-state index contributed by atoms with van der Waals surface area (Å²) < 4.78 is 5.63. The van der Waals surface area contributed by atoms with Gasteiger partial charge in [-0.05, 0) is 25.3 Å². The smallest absolute Gasteiger partial charge is 0.222 e. The Morgan fingerprint density at radius 1 is 1.35 bits per heavy atom. The van der Waals surface area contributed by atoms with Gasteiger partial charge in [0.25, 0.3) is 0 Å². The number of fused-ring (bicyclic) bond motifs is 1. The Bertz CT molecular complexity index is 841. The number of ether oxygens (including phenoxy) is 1. The molecule has 2 aromatic rings. The number of nitrogens with two attached hydrogens (primary N) is 1. The van der Waals surface area contributed by atoms with Crippen molar-refractivity contribution < 1.29 is 4.74 Å². The molecule has 1 unspecified atom stereocenters. The van der Waals surface area contributed by atoms with E-state index in [0.29, 0.717) is 11.5 Å². The van der Waals surface area contributed by atoms with Crippen LogP contribution in [-0.4, -0.2) is 10.2 Å². The van der Waals surface area contributed by atoms with Crippen LogP contribution in [0.2, 0.25) is 0 Å². The highest BCUT2D eigenvalue weighted by Gasteiger charge is 2.50. The van der Waals surface area contributed by atoms with Crippen molar-refractivity contribution in [3.8, 4) is 11.9 Å².